The number of hydrogen-bond donors (Lipinski definition) is 1. The molecule has 17 heavy (non-hydrogen) atoms. The van der Waals surface area contributed by atoms with E-state index in [0.29, 0.717) is 12.0 Å². The van der Waals surface area contributed by atoms with Crippen molar-refractivity contribution in [2.45, 2.75) is 65.1 Å². The van der Waals surface area contributed by atoms with Crippen LogP contribution in [-0.2, 0) is 4.74 Å². The average molecular weight is 239 g/mol. The summed E-state index contributed by atoms with van der Waals surface area (Å²) in [6.07, 6.45) is 5.98. The Bertz CT molecular complexity index is 253. The molecule has 2 nitrogen and oxygen atoms in total. The fourth-order valence-corrected chi connectivity index (χ4v) is 3.31. The van der Waals surface area contributed by atoms with Crippen molar-refractivity contribution >= 4 is 0 Å². The molecule has 0 aromatic rings. The molecule has 1 saturated heterocycles. The molecular weight excluding hydrogens is 210 g/mol. The molecule has 100 valence electrons. The van der Waals surface area contributed by atoms with E-state index in [9.17, 15) is 0 Å². The highest BCUT2D eigenvalue weighted by Crippen LogP contribution is 2.36. The van der Waals surface area contributed by atoms with Crippen LogP contribution < -0.4 is 5.32 Å². The smallest absolute Gasteiger partial charge is 0.0805 e. The molecule has 2 fully saturated rings. The van der Waals surface area contributed by atoms with Crippen LogP contribution in [-0.4, -0.2) is 24.8 Å². The molecule has 1 aliphatic heterocycles. The Hall–Kier alpha value is -0.0800. The lowest BCUT2D eigenvalue weighted by molar-refractivity contribution is -0.153. The van der Waals surface area contributed by atoms with Gasteiger partial charge in [0.1, 0.15) is 0 Å². The van der Waals surface area contributed by atoms with Crippen LogP contribution in [0.15, 0.2) is 0 Å². The van der Waals surface area contributed by atoms with E-state index in [2.05, 4.69) is 33.0 Å². The fraction of sp³-hybridized carbons (Fsp3) is 1.00. The quantitative estimate of drug-likeness (QED) is 0.799. The highest BCUT2D eigenvalue weighted by Gasteiger charge is 2.39. The maximum atomic E-state index is 6.46. The van der Waals surface area contributed by atoms with Gasteiger partial charge < -0.3 is 10.1 Å². The molecule has 0 radical (unpaired) electrons. The zero-order chi connectivity index (χ0) is 12.5. The maximum absolute atomic E-state index is 6.46. The molecule has 1 saturated carbocycles. The van der Waals surface area contributed by atoms with Gasteiger partial charge in [0.15, 0.2) is 0 Å². The van der Waals surface area contributed by atoms with Gasteiger partial charge in [0.2, 0.25) is 0 Å². The minimum atomic E-state index is 0.0314. The van der Waals surface area contributed by atoms with E-state index in [1.807, 2.05) is 0 Å². The molecule has 2 rings (SSSR count). The first-order valence-corrected chi connectivity index (χ1v) is 7.40. The average Bonchev–Trinajstić information content (AvgIpc) is 2.29. The van der Waals surface area contributed by atoms with Crippen molar-refractivity contribution in [3.63, 3.8) is 0 Å². The first kappa shape index (κ1) is 13.4. The molecule has 0 aromatic heterocycles. The van der Waals surface area contributed by atoms with E-state index >= 15 is 0 Å². The Morgan fingerprint density at radius 1 is 1.29 bits per heavy atom. The van der Waals surface area contributed by atoms with Gasteiger partial charge in [-0.15, -0.1) is 0 Å². The molecule has 1 aliphatic carbocycles. The summed E-state index contributed by atoms with van der Waals surface area (Å²) in [7, 11) is 0. The number of rotatable bonds is 2. The van der Waals surface area contributed by atoms with Crippen molar-refractivity contribution in [3.8, 4) is 0 Å². The van der Waals surface area contributed by atoms with Crippen LogP contribution in [0.25, 0.3) is 0 Å². The van der Waals surface area contributed by atoms with Gasteiger partial charge in [-0.2, -0.15) is 0 Å². The van der Waals surface area contributed by atoms with Crippen molar-refractivity contribution in [1.29, 1.82) is 0 Å². The van der Waals surface area contributed by atoms with Gasteiger partial charge in [0, 0.05) is 13.1 Å². The van der Waals surface area contributed by atoms with Gasteiger partial charge in [0.05, 0.1) is 11.7 Å². The predicted molar refractivity (Wildman–Crippen MR) is 72.1 cm³/mol. The van der Waals surface area contributed by atoms with Crippen LogP contribution in [0.1, 0.15) is 53.4 Å². The second-order valence-electron chi connectivity index (χ2n) is 6.79. The van der Waals surface area contributed by atoms with Gasteiger partial charge in [-0.3, -0.25) is 0 Å². The summed E-state index contributed by atoms with van der Waals surface area (Å²) in [5.74, 6) is 2.26. The summed E-state index contributed by atoms with van der Waals surface area (Å²) in [6, 6.07) is 0. The minimum Gasteiger partial charge on any atom is -0.369 e. The van der Waals surface area contributed by atoms with Crippen molar-refractivity contribution in [1.82, 2.24) is 5.32 Å². The van der Waals surface area contributed by atoms with E-state index in [1.165, 1.54) is 25.7 Å². The van der Waals surface area contributed by atoms with Crippen LogP contribution in [0, 0.1) is 17.8 Å². The van der Waals surface area contributed by atoms with E-state index < -0.39 is 0 Å². The zero-order valence-electron chi connectivity index (χ0n) is 12.0. The van der Waals surface area contributed by atoms with Crippen LogP contribution >= 0.6 is 0 Å². The number of ether oxygens (including phenoxy) is 1. The summed E-state index contributed by atoms with van der Waals surface area (Å²) in [5.41, 5.74) is 0.0314. The van der Waals surface area contributed by atoms with Crippen LogP contribution in [0.2, 0.25) is 0 Å². The summed E-state index contributed by atoms with van der Waals surface area (Å²) in [5, 5.41) is 3.59. The highest BCUT2D eigenvalue weighted by molar-refractivity contribution is 4.91. The SMILES string of the molecule is CC1CCCC(C2CNCC(C)(C(C)C)O2)C1. The third-order valence-electron chi connectivity index (χ3n) is 4.97. The fourth-order valence-electron chi connectivity index (χ4n) is 3.31. The third kappa shape index (κ3) is 3.03. The minimum absolute atomic E-state index is 0.0314. The molecule has 2 heteroatoms. The number of hydrogen-bond acceptors (Lipinski definition) is 2. The molecular formula is C15H29NO. The van der Waals surface area contributed by atoms with Gasteiger partial charge in [-0.25, -0.2) is 0 Å². The first-order chi connectivity index (χ1) is 8.01. The standard InChI is InChI=1S/C15H29NO/c1-11(2)15(4)10-16-9-14(17-15)13-7-5-6-12(3)8-13/h11-14,16H,5-10H2,1-4H3. The Balaban J connectivity index is 1.97. The van der Waals surface area contributed by atoms with Crippen molar-refractivity contribution in [2.24, 2.45) is 17.8 Å². The largest absolute Gasteiger partial charge is 0.369 e. The van der Waals surface area contributed by atoms with Crippen LogP contribution in [0.5, 0.6) is 0 Å². The van der Waals surface area contributed by atoms with Crippen molar-refractivity contribution < 1.29 is 4.74 Å². The molecule has 0 aromatic carbocycles. The van der Waals surface area contributed by atoms with E-state index in [0.717, 1.165) is 24.9 Å². The van der Waals surface area contributed by atoms with E-state index in [1.54, 1.807) is 0 Å². The van der Waals surface area contributed by atoms with Gasteiger partial charge in [-0.1, -0.05) is 33.6 Å². The molecule has 0 amide bonds. The Labute approximate surface area is 107 Å². The summed E-state index contributed by atoms with van der Waals surface area (Å²) >= 11 is 0. The lowest BCUT2D eigenvalue weighted by Gasteiger charge is -2.46. The van der Waals surface area contributed by atoms with Gasteiger partial charge in [-0.05, 0) is 37.5 Å². The van der Waals surface area contributed by atoms with E-state index in [4.69, 9.17) is 4.74 Å². The molecule has 1 N–H and O–H groups in total. The van der Waals surface area contributed by atoms with Gasteiger partial charge >= 0.3 is 0 Å². The maximum Gasteiger partial charge on any atom is 0.0805 e. The number of nitrogens with one attached hydrogen (secondary N) is 1. The molecule has 4 unspecified atom stereocenters. The summed E-state index contributed by atoms with van der Waals surface area (Å²) < 4.78 is 6.46. The molecule has 0 spiro atoms. The molecule has 2 aliphatic rings. The lowest BCUT2D eigenvalue weighted by Crippen LogP contribution is -2.57. The van der Waals surface area contributed by atoms with Crippen molar-refractivity contribution in [3.05, 3.63) is 0 Å². The molecule has 0 bridgehead atoms. The first-order valence-electron chi connectivity index (χ1n) is 7.40. The summed E-state index contributed by atoms with van der Waals surface area (Å²) in [6.45, 7) is 11.3. The highest BCUT2D eigenvalue weighted by atomic mass is 16.5. The molecule has 1 heterocycles. The Morgan fingerprint density at radius 3 is 2.71 bits per heavy atom. The monoisotopic (exact) mass is 239 g/mol. The van der Waals surface area contributed by atoms with Crippen molar-refractivity contribution in [2.75, 3.05) is 13.1 Å². The second kappa shape index (κ2) is 5.27. The van der Waals surface area contributed by atoms with Crippen LogP contribution in [0.3, 0.4) is 0 Å². The zero-order valence-corrected chi connectivity index (χ0v) is 12.0. The summed E-state index contributed by atoms with van der Waals surface area (Å²) in [4.78, 5) is 0. The van der Waals surface area contributed by atoms with Crippen LogP contribution in [0.4, 0.5) is 0 Å². The predicted octanol–water partition coefficient (Wildman–Crippen LogP) is 3.22. The topological polar surface area (TPSA) is 21.3 Å². The Morgan fingerprint density at radius 2 is 2.06 bits per heavy atom. The normalized spacial score (nSPS) is 43.9. The number of morpholine rings is 1. The lowest BCUT2D eigenvalue weighted by atomic mass is 9.78. The molecule has 4 atom stereocenters. The Kier molecular flexibility index (Phi) is 4.14. The third-order valence-corrected chi connectivity index (χ3v) is 4.97. The second-order valence-corrected chi connectivity index (χ2v) is 6.79. The van der Waals surface area contributed by atoms with E-state index in [-0.39, 0.29) is 5.60 Å². The van der Waals surface area contributed by atoms with Gasteiger partial charge in [0.25, 0.3) is 0 Å².